The quantitative estimate of drug-likeness (QED) is 0.774. The van der Waals surface area contributed by atoms with Crippen LogP contribution < -0.4 is 0 Å². The van der Waals surface area contributed by atoms with Gasteiger partial charge in [-0.3, -0.25) is 9.69 Å². The van der Waals surface area contributed by atoms with Crippen molar-refractivity contribution in [2.45, 2.75) is 59.0 Å². The molecule has 0 aliphatic carbocycles. The van der Waals surface area contributed by atoms with Gasteiger partial charge in [0.15, 0.2) is 0 Å². The Bertz CT molecular complexity index is 846. The van der Waals surface area contributed by atoms with Crippen molar-refractivity contribution in [3.63, 3.8) is 0 Å². The number of amides is 1. The van der Waals surface area contributed by atoms with Crippen LogP contribution in [-0.2, 0) is 17.9 Å². The second kappa shape index (κ2) is 8.23. The molecule has 1 atom stereocenters. The fourth-order valence-corrected chi connectivity index (χ4v) is 4.76. The van der Waals surface area contributed by atoms with E-state index in [9.17, 15) is 4.79 Å². The van der Waals surface area contributed by atoms with Crippen LogP contribution in [0.25, 0.3) is 0 Å². The van der Waals surface area contributed by atoms with Crippen LogP contribution in [0.5, 0.6) is 0 Å². The van der Waals surface area contributed by atoms with Gasteiger partial charge in [0, 0.05) is 44.1 Å². The number of aryl methyl sites for hydroxylation is 1. The van der Waals surface area contributed by atoms with E-state index in [-0.39, 0.29) is 5.41 Å². The largest absolute Gasteiger partial charge is 0.338 e. The molecule has 2 aliphatic rings. The lowest BCUT2D eigenvalue weighted by Crippen LogP contribution is -2.49. The third-order valence-electron chi connectivity index (χ3n) is 6.52. The Kier molecular flexibility index (Phi) is 5.68. The maximum absolute atomic E-state index is 13.4. The molecule has 2 saturated heterocycles. The molecule has 1 amide bonds. The van der Waals surface area contributed by atoms with Crippen molar-refractivity contribution in [3.05, 3.63) is 59.2 Å². The first-order chi connectivity index (χ1) is 13.9. The van der Waals surface area contributed by atoms with Gasteiger partial charge in [-0.15, -0.1) is 0 Å². The van der Waals surface area contributed by atoms with Gasteiger partial charge in [0.1, 0.15) is 5.82 Å². The molecule has 154 valence electrons. The lowest BCUT2D eigenvalue weighted by atomic mass is 9.78. The molecule has 5 nitrogen and oxygen atoms in total. The monoisotopic (exact) mass is 392 g/mol. The molecule has 2 fully saturated rings. The number of hydrogen-bond acceptors (Lipinski definition) is 4. The highest BCUT2D eigenvalue weighted by atomic mass is 16.2. The molecule has 3 heterocycles. The molecule has 0 unspecified atom stereocenters. The highest BCUT2D eigenvalue weighted by molar-refractivity contribution is 5.84. The summed E-state index contributed by atoms with van der Waals surface area (Å²) in [6.07, 6.45) is 6.88. The topological polar surface area (TPSA) is 49.3 Å². The summed E-state index contributed by atoms with van der Waals surface area (Å²) in [4.78, 5) is 26.5. The Hall–Kier alpha value is -2.27. The Morgan fingerprint density at radius 2 is 1.72 bits per heavy atom. The molecule has 1 aromatic heterocycles. The summed E-state index contributed by atoms with van der Waals surface area (Å²) in [6, 6.07) is 8.76. The number of rotatable bonds is 5. The van der Waals surface area contributed by atoms with Crippen molar-refractivity contribution < 1.29 is 4.79 Å². The van der Waals surface area contributed by atoms with Gasteiger partial charge in [0.2, 0.25) is 5.91 Å². The van der Waals surface area contributed by atoms with E-state index in [4.69, 9.17) is 0 Å². The number of nitrogens with zero attached hydrogens (tertiary/aromatic N) is 4. The van der Waals surface area contributed by atoms with Gasteiger partial charge < -0.3 is 4.90 Å². The second-order valence-electron chi connectivity index (χ2n) is 9.11. The van der Waals surface area contributed by atoms with Crippen molar-refractivity contribution >= 4 is 5.91 Å². The van der Waals surface area contributed by atoms with Crippen LogP contribution >= 0.6 is 0 Å². The summed E-state index contributed by atoms with van der Waals surface area (Å²) >= 11 is 0. The van der Waals surface area contributed by atoms with E-state index in [1.165, 1.54) is 11.1 Å². The third-order valence-corrected chi connectivity index (χ3v) is 6.52. The second-order valence-corrected chi connectivity index (χ2v) is 9.11. The van der Waals surface area contributed by atoms with E-state index in [1.54, 1.807) is 0 Å². The zero-order chi connectivity index (χ0) is 20.4. The van der Waals surface area contributed by atoms with Crippen LogP contribution in [0.2, 0.25) is 0 Å². The molecule has 0 radical (unpaired) electrons. The zero-order valence-corrected chi connectivity index (χ0v) is 17.9. The predicted molar refractivity (Wildman–Crippen MR) is 114 cm³/mol. The Labute approximate surface area is 174 Å². The van der Waals surface area contributed by atoms with E-state index in [0.29, 0.717) is 11.8 Å². The zero-order valence-electron chi connectivity index (χ0n) is 17.9. The number of aromatic nitrogens is 2. The molecule has 5 heteroatoms. The first-order valence-electron chi connectivity index (χ1n) is 10.8. The number of likely N-dealkylation sites (tertiary alicyclic amines) is 2. The predicted octanol–water partition coefficient (Wildman–Crippen LogP) is 3.92. The van der Waals surface area contributed by atoms with E-state index in [2.05, 4.69) is 57.9 Å². The van der Waals surface area contributed by atoms with Gasteiger partial charge in [0.05, 0.1) is 5.41 Å². The highest BCUT2D eigenvalue weighted by Crippen LogP contribution is 2.41. The maximum Gasteiger partial charge on any atom is 0.230 e. The summed E-state index contributed by atoms with van der Waals surface area (Å²) in [6.45, 7) is 10.6. The van der Waals surface area contributed by atoms with E-state index in [0.717, 1.165) is 63.4 Å². The van der Waals surface area contributed by atoms with Crippen LogP contribution in [0.4, 0.5) is 0 Å². The third kappa shape index (κ3) is 4.35. The molecule has 1 aromatic carbocycles. The van der Waals surface area contributed by atoms with E-state index in [1.807, 2.05) is 19.3 Å². The number of carbonyl (C=O) groups is 1. The minimum atomic E-state index is -0.207. The number of piperidine rings is 1. The minimum absolute atomic E-state index is 0.207. The summed E-state index contributed by atoms with van der Waals surface area (Å²) in [5.74, 6) is 1.68. The average Bonchev–Trinajstić information content (AvgIpc) is 3.11. The van der Waals surface area contributed by atoms with Crippen LogP contribution in [-0.4, -0.2) is 45.3 Å². The summed E-state index contributed by atoms with van der Waals surface area (Å²) in [5, 5.41) is 0. The van der Waals surface area contributed by atoms with Gasteiger partial charge in [0.25, 0.3) is 0 Å². The lowest BCUT2D eigenvalue weighted by molar-refractivity contribution is -0.146. The molecule has 2 aliphatic heterocycles. The van der Waals surface area contributed by atoms with Crippen LogP contribution in [0.3, 0.4) is 0 Å². The van der Waals surface area contributed by atoms with Crippen molar-refractivity contribution in [1.29, 1.82) is 0 Å². The van der Waals surface area contributed by atoms with Gasteiger partial charge in [-0.1, -0.05) is 38.1 Å². The van der Waals surface area contributed by atoms with Crippen LogP contribution in [0.15, 0.2) is 36.7 Å². The van der Waals surface area contributed by atoms with E-state index < -0.39 is 0 Å². The fraction of sp³-hybridized carbons (Fsp3) is 0.542. The van der Waals surface area contributed by atoms with Gasteiger partial charge in [-0.05, 0) is 49.8 Å². The molecular weight excluding hydrogens is 360 g/mol. The van der Waals surface area contributed by atoms with E-state index >= 15 is 0 Å². The standard InChI is InChI=1S/C24H32N4O/c1-18(2)22-7-5-20(6-8-22)16-28-11-4-9-24(23(28)29)10-12-27(17-24)15-21-13-25-19(3)26-14-21/h5-8,13-14,18H,4,9-12,15-17H2,1-3H3/t24-/m0/s1. The Morgan fingerprint density at radius 3 is 2.41 bits per heavy atom. The molecule has 0 N–H and O–H groups in total. The molecule has 4 rings (SSSR count). The van der Waals surface area contributed by atoms with Crippen molar-refractivity contribution in [1.82, 2.24) is 19.8 Å². The van der Waals surface area contributed by atoms with Crippen molar-refractivity contribution in [2.24, 2.45) is 5.41 Å². The first-order valence-corrected chi connectivity index (χ1v) is 10.8. The first kappa shape index (κ1) is 20.0. The molecule has 0 saturated carbocycles. The number of hydrogen-bond donors (Lipinski definition) is 0. The van der Waals surface area contributed by atoms with Gasteiger partial charge >= 0.3 is 0 Å². The lowest BCUT2D eigenvalue weighted by Gasteiger charge is -2.39. The highest BCUT2D eigenvalue weighted by Gasteiger charge is 2.48. The normalized spacial score (nSPS) is 22.8. The minimum Gasteiger partial charge on any atom is -0.338 e. The molecule has 29 heavy (non-hydrogen) atoms. The van der Waals surface area contributed by atoms with Crippen molar-refractivity contribution in [2.75, 3.05) is 19.6 Å². The molecule has 2 aromatic rings. The average molecular weight is 393 g/mol. The van der Waals surface area contributed by atoms with Crippen LogP contribution in [0, 0.1) is 12.3 Å². The van der Waals surface area contributed by atoms with Crippen LogP contribution in [0.1, 0.15) is 61.5 Å². The smallest absolute Gasteiger partial charge is 0.230 e. The van der Waals surface area contributed by atoms with Gasteiger partial charge in [-0.25, -0.2) is 9.97 Å². The summed E-state index contributed by atoms with van der Waals surface area (Å²) in [7, 11) is 0. The SMILES string of the molecule is Cc1ncc(CN2CC[C@@]3(CCCN(Cc4ccc(C(C)C)cc4)C3=O)C2)cn1. The van der Waals surface area contributed by atoms with Gasteiger partial charge in [-0.2, -0.15) is 0 Å². The van der Waals surface area contributed by atoms with Crippen molar-refractivity contribution in [3.8, 4) is 0 Å². The Morgan fingerprint density at radius 1 is 1.00 bits per heavy atom. The Balaban J connectivity index is 1.41. The maximum atomic E-state index is 13.4. The molecule has 0 bridgehead atoms. The molecule has 1 spiro atoms. The fourth-order valence-electron chi connectivity index (χ4n) is 4.76. The summed E-state index contributed by atoms with van der Waals surface area (Å²) < 4.78 is 0. The summed E-state index contributed by atoms with van der Waals surface area (Å²) in [5.41, 5.74) is 3.49. The number of carbonyl (C=O) groups excluding carboxylic acids is 1. The molecular formula is C24H32N4O. The number of benzene rings is 1.